The fraction of sp³-hybridized carbons (Fsp3) is 0. The van der Waals surface area contributed by atoms with E-state index in [0.29, 0.717) is 0 Å². The number of nitrogens with zero attached hydrogens (tertiary/aromatic N) is 2. The zero-order valence-corrected chi connectivity index (χ0v) is 6.54. The summed E-state index contributed by atoms with van der Waals surface area (Å²) in [5, 5.41) is 8.19. The Hall–Kier alpha value is -2.20. The first-order valence-electron chi connectivity index (χ1n) is 3.14. The van der Waals surface area contributed by atoms with Gasteiger partial charge in [0.2, 0.25) is 0 Å². The van der Waals surface area contributed by atoms with Crippen LogP contribution >= 0.6 is 0 Å². The molecule has 0 aliphatic rings. The molecule has 0 radical (unpaired) electrons. The predicted molar refractivity (Wildman–Crippen MR) is 44.8 cm³/mol. The van der Waals surface area contributed by atoms with Gasteiger partial charge in [-0.3, -0.25) is 0 Å². The van der Waals surface area contributed by atoms with Gasteiger partial charge in [0, 0.05) is 11.6 Å². The number of carboxylic acid groups (broad SMARTS) is 1. The van der Waals surface area contributed by atoms with Crippen LogP contribution in [0.5, 0.6) is 0 Å². The highest BCUT2D eigenvalue weighted by Gasteiger charge is 1.88. The van der Waals surface area contributed by atoms with Crippen molar-refractivity contribution in [3.05, 3.63) is 40.7 Å². The van der Waals surface area contributed by atoms with Gasteiger partial charge in [0.05, 0.1) is 12.5 Å². The standard InChI is InChI=1S/C7H6O3.HN3/c8-7(9)2-1-6-3-4-10-5-6;1-3-2/h1-5H,(H,8,9);1H. The molecule has 1 rings (SSSR count). The Morgan fingerprint density at radius 1 is 1.77 bits per heavy atom. The molecule has 13 heavy (non-hydrogen) atoms. The lowest BCUT2D eigenvalue weighted by Gasteiger charge is -1.77. The van der Waals surface area contributed by atoms with Crippen molar-refractivity contribution in [2.45, 2.75) is 0 Å². The Balaban J connectivity index is 0.000000424. The lowest BCUT2D eigenvalue weighted by molar-refractivity contribution is -0.131. The van der Waals surface area contributed by atoms with Crippen LogP contribution in [-0.2, 0) is 4.79 Å². The van der Waals surface area contributed by atoms with E-state index < -0.39 is 5.97 Å². The summed E-state index contributed by atoms with van der Waals surface area (Å²) < 4.78 is 4.70. The van der Waals surface area contributed by atoms with Gasteiger partial charge in [-0.1, -0.05) is 0 Å². The van der Waals surface area contributed by atoms with Crippen molar-refractivity contribution >= 4 is 12.0 Å². The van der Waals surface area contributed by atoms with Crippen molar-refractivity contribution in [1.82, 2.24) is 0 Å². The van der Waals surface area contributed by atoms with Crippen LogP contribution in [0.1, 0.15) is 5.56 Å². The Kier molecular flexibility index (Phi) is 5.41. The molecular formula is C7H7N3O3. The number of carboxylic acids is 1. The largest absolute Gasteiger partial charge is 0.478 e. The summed E-state index contributed by atoms with van der Waals surface area (Å²) in [5.41, 5.74) is 13.0. The molecule has 2 N–H and O–H groups in total. The SMILES string of the molecule is O=C(O)C=Cc1ccoc1.[N-]=[N+]=N. The second-order valence-electron chi connectivity index (χ2n) is 1.83. The van der Waals surface area contributed by atoms with E-state index in [9.17, 15) is 4.79 Å². The molecular weight excluding hydrogens is 174 g/mol. The van der Waals surface area contributed by atoms with Gasteiger partial charge < -0.3 is 9.52 Å². The molecule has 0 aromatic carbocycles. The van der Waals surface area contributed by atoms with Crippen LogP contribution < -0.4 is 0 Å². The molecule has 0 aliphatic heterocycles. The van der Waals surface area contributed by atoms with Gasteiger partial charge in [-0.05, 0) is 22.6 Å². The van der Waals surface area contributed by atoms with Crippen LogP contribution in [0.4, 0.5) is 0 Å². The molecule has 0 fully saturated rings. The van der Waals surface area contributed by atoms with E-state index in [1.807, 2.05) is 0 Å². The Labute approximate surface area is 73.5 Å². The molecule has 1 heterocycles. The highest BCUT2D eigenvalue weighted by molar-refractivity contribution is 5.85. The smallest absolute Gasteiger partial charge is 0.328 e. The van der Waals surface area contributed by atoms with Crippen molar-refractivity contribution < 1.29 is 14.3 Å². The van der Waals surface area contributed by atoms with E-state index in [1.54, 1.807) is 11.0 Å². The maximum Gasteiger partial charge on any atom is 0.328 e. The van der Waals surface area contributed by atoms with Crippen LogP contribution in [0.15, 0.2) is 29.1 Å². The van der Waals surface area contributed by atoms with Crippen LogP contribution in [-0.4, -0.2) is 11.1 Å². The maximum absolute atomic E-state index is 9.98. The van der Waals surface area contributed by atoms with Gasteiger partial charge in [-0.15, -0.1) is 5.53 Å². The predicted octanol–water partition coefficient (Wildman–Crippen LogP) is 2.25. The molecule has 0 bridgehead atoms. The van der Waals surface area contributed by atoms with E-state index in [-0.39, 0.29) is 0 Å². The number of nitrogens with one attached hydrogen (secondary N) is 1. The number of rotatable bonds is 2. The molecule has 0 saturated carbocycles. The number of hydrogen-bond donors (Lipinski definition) is 2. The maximum atomic E-state index is 9.98. The molecule has 0 amide bonds. The Bertz CT molecular complexity index is 310. The zero-order chi connectivity index (χ0) is 10.1. The lowest BCUT2D eigenvalue weighted by Crippen LogP contribution is -1.84. The second kappa shape index (κ2) is 6.51. The van der Waals surface area contributed by atoms with Gasteiger partial charge >= 0.3 is 5.97 Å². The van der Waals surface area contributed by atoms with E-state index in [4.69, 9.17) is 20.6 Å². The van der Waals surface area contributed by atoms with E-state index in [1.165, 1.54) is 18.6 Å². The fourth-order valence-electron chi connectivity index (χ4n) is 0.537. The monoisotopic (exact) mass is 181 g/mol. The molecule has 68 valence electrons. The van der Waals surface area contributed by atoms with Crippen molar-refractivity contribution in [3.8, 4) is 0 Å². The van der Waals surface area contributed by atoms with Crippen molar-refractivity contribution in [1.29, 1.82) is 5.53 Å². The van der Waals surface area contributed by atoms with Crippen LogP contribution in [0.3, 0.4) is 0 Å². The Morgan fingerprint density at radius 3 is 2.77 bits per heavy atom. The first-order valence-corrected chi connectivity index (χ1v) is 3.14. The molecule has 1 aromatic heterocycles. The van der Waals surface area contributed by atoms with Gasteiger partial charge in [-0.25, -0.2) is 4.79 Å². The Morgan fingerprint density at radius 2 is 2.38 bits per heavy atom. The van der Waals surface area contributed by atoms with Crippen LogP contribution in [0.25, 0.3) is 16.5 Å². The second-order valence-corrected chi connectivity index (χ2v) is 1.83. The van der Waals surface area contributed by atoms with Crippen LogP contribution in [0.2, 0.25) is 0 Å². The molecule has 0 saturated heterocycles. The first kappa shape index (κ1) is 10.8. The van der Waals surface area contributed by atoms with Gasteiger partial charge in [0.1, 0.15) is 0 Å². The fourth-order valence-corrected chi connectivity index (χ4v) is 0.537. The molecule has 6 nitrogen and oxygen atoms in total. The van der Waals surface area contributed by atoms with Crippen molar-refractivity contribution in [3.63, 3.8) is 0 Å². The summed E-state index contributed by atoms with van der Waals surface area (Å²) in [7, 11) is 0. The molecule has 0 aliphatic carbocycles. The minimum Gasteiger partial charge on any atom is -0.478 e. The normalized spacial score (nSPS) is 8.62. The van der Waals surface area contributed by atoms with Gasteiger partial charge in [0.25, 0.3) is 0 Å². The van der Waals surface area contributed by atoms with E-state index >= 15 is 0 Å². The topological polar surface area (TPSA) is 111 Å². The highest BCUT2D eigenvalue weighted by Crippen LogP contribution is 2.01. The minimum atomic E-state index is -0.957. The molecule has 0 unspecified atom stereocenters. The number of furan rings is 1. The summed E-state index contributed by atoms with van der Waals surface area (Å²) in [4.78, 5) is 11.7. The van der Waals surface area contributed by atoms with Crippen molar-refractivity contribution in [2.24, 2.45) is 0 Å². The number of aliphatic carboxylic acids is 1. The quantitative estimate of drug-likeness (QED) is 0.316. The molecule has 0 atom stereocenters. The highest BCUT2D eigenvalue weighted by atomic mass is 16.4. The average Bonchev–Trinajstić information content (AvgIpc) is 2.54. The number of hydrogen-bond acceptors (Lipinski definition) is 3. The third kappa shape index (κ3) is 6.21. The molecule has 1 aromatic rings. The molecule has 6 heteroatoms. The van der Waals surface area contributed by atoms with E-state index in [0.717, 1.165) is 11.6 Å². The van der Waals surface area contributed by atoms with E-state index in [2.05, 4.69) is 0 Å². The number of carbonyl (C=O) groups is 1. The molecule has 0 spiro atoms. The summed E-state index contributed by atoms with van der Waals surface area (Å²) in [6.07, 6.45) is 5.48. The third-order valence-electron chi connectivity index (χ3n) is 0.962. The van der Waals surface area contributed by atoms with Crippen molar-refractivity contribution in [2.75, 3.05) is 0 Å². The summed E-state index contributed by atoms with van der Waals surface area (Å²) in [5.74, 6) is -0.957. The van der Waals surface area contributed by atoms with Gasteiger partial charge in [0.15, 0.2) is 0 Å². The lowest BCUT2D eigenvalue weighted by atomic mass is 10.3. The summed E-state index contributed by atoms with van der Waals surface area (Å²) in [6.45, 7) is 0. The minimum absolute atomic E-state index is 0.752. The average molecular weight is 181 g/mol. The zero-order valence-electron chi connectivity index (χ0n) is 6.54. The summed E-state index contributed by atoms with van der Waals surface area (Å²) >= 11 is 0. The summed E-state index contributed by atoms with van der Waals surface area (Å²) in [6, 6.07) is 1.68. The third-order valence-corrected chi connectivity index (χ3v) is 0.962. The van der Waals surface area contributed by atoms with Gasteiger partial charge in [-0.2, -0.15) is 0 Å². The van der Waals surface area contributed by atoms with Crippen LogP contribution in [0, 0.1) is 5.53 Å². The first-order chi connectivity index (χ1) is 6.20.